The van der Waals surface area contributed by atoms with E-state index >= 15 is 4.39 Å². The lowest BCUT2D eigenvalue weighted by Crippen LogP contribution is -2.47. The lowest BCUT2D eigenvalue weighted by molar-refractivity contribution is -0.125. The molecule has 1 N–H and O–H groups in total. The van der Waals surface area contributed by atoms with Crippen LogP contribution in [0.4, 0.5) is 4.39 Å². The van der Waals surface area contributed by atoms with E-state index in [1.165, 1.54) is 55.0 Å². The quantitative estimate of drug-likeness (QED) is 0.259. The molecule has 2 aromatic heterocycles. The number of carbonyl (C=O) groups is 1. The molecule has 1 amide bonds. The number of aliphatic hydroxyl groups is 1. The lowest BCUT2D eigenvalue weighted by Gasteiger charge is -2.40. The zero-order chi connectivity index (χ0) is 34.9. The second-order valence-corrected chi connectivity index (χ2v) is 11.4. The van der Waals surface area contributed by atoms with Gasteiger partial charge in [-0.05, 0) is 66.6 Å². The smallest absolute Gasteiger partial charge is 0.257 e. The van der Waals surface area contributed by atoms with Gasteiger partial charge in [0.1, 0.15) is 17.5 Å². The third-order valence-corrected chi connectivity index (χ3v) is 8.31. The van der Waals surface area contributed by atoms with Gasteiger partial charge in [0.2, 0.25) is 0 Å². The molecule has 0 bridgehead atoms. The molecule has 1 aliphatic heterocycles. The molecule has 3 heterocycles. The van der Waals surface area contributed by atoms with Crippen LogP contribution in [-0.4, -0.2) is 37.0 Å². The summed E-state index contributed by atoms with van der Waals surface area (Å²) in [6.45, 7) is -4.37. The number of carbonyl (C=O) groups excluding carboxylic acids is 1. The summed E-state index contributed by atoms with van der Waals surface area (Å²) < 4.78 is 67.8. The van der Waals surface area contributed by atoms with Crippen LogP contribution in [0.2, 0.25) is 5.02 Å². The van der Waals surface area contributed by atoms with E-state index in [4.69, 9.17) is 23.2 Å². The highest BCUT2D eigenvalue weighted by atomic mass is 35.5. The number of rotatable bonds is 9. The maximum atomic E-state index is 17.0. The van der Waals surface area contributed by atoms with Crippen molar-refractivity contribution in [1.29, 1.82) is 5.26 Å². The van der Waals surface area contributed by atoms with Gasteiger partial charge < -0.3 is 14.4 Å². The summed E-state index contributed by atoms with van der Waals surface area (Å²) >= 11 is 6.23. The van der Waals surface area contributed by atoms with Gasteiger partial charge in [-0.15, -0.1) is 0 Å². The number of amides is 1. The Kier molecular flexibility index (Phi) is 5.74. The van der Waals surface area contributed by atoms with Gasteiger partial charge in [-0.25, -0.2) is 9.37 Å². The third-order valence-electron chi connectivity index (χ3n) is 8.06. The van der Waals surface area contributed by atoms with Gasteiger partial charge in [0.05, 0.1) is 50.3 Å². The fourth-order valence-electron chi connectivity index (χ4n) is 5.41. The number of nitrogens with zero attached hydrogens (tertiary/aromatic N) is 5. The Bertz CT molecular complexity index is 1940. The molecular weight excluding hydrogens is 569 g/mol. The van der Waals surface area contributed by atoms with Crippen LogP contribution in [0.1, 0.15) is 83.9 Å². The van der Waals surface area contributed by atoms with Gasteiger partial charge in [-0.3, -0.25) is 14.7 Å². The molecule has 0 spiro atoms. The lowest BCUT2D eigenvalue weighted by atomic mass is 9.84. The van der Waals surface area contributed by atoms with E-state index in [0.29, 0.717) is 5.02 Å². The first-order chi connectivity index (χ1) is 22.5. The molecule has 1 fully saturated rings. The summed E-state index contributed by atoms with van der Waals surface area (Å²) in [5.41, 5.74) is -5.84. The number of aromatic nitrogens is 3. The zero-order valence-electron chi connectivity index (χ0n) is 28.4. The number of halogens is 2. The number of hydrogen-bond donors (Lipinski definition) is 1. The summed E-state index contributed by atoms with van der Waals surface area (Å²) in [5.74, 6) is -1.79. The number of imidazole rings is 1. The van der Waals surface area contributed by atoms with Crippen molar-refractivity contribution in [2.24, 2.45) is 12.5 Å². The first kappa shape index (κ1) is 23.4. The minimum absolute atomic E-state index is 0.0276. The second kappa shape index (κ2) is 10.6. The van der Waals surface area contributed by atoms with Crippen molar-refractivity contribution in [3.05, 3.63) is 117 Å². The first-order valence-electron chi connectivity index (χ1n) is 16.2. The maximum absolute atomic E-state index is 17.0. The first-order valence-corrected chi connectivity index (χ1v) is 14.1. The normalized spacial score (nSPS) is 22.4. The predicted molar refractivity (Wildman–Crippen MR) is 157 cm³/mol. The van der Waals surface area contributed by atoms with Gasteiger partial charge >= 0.3 is 0 Å². The molecule has 2 atom stereocenters. The van der Waals surface area contributed by atoms with E-state index in [9.17, 15) is 15.2 Å². The number of aryl methyl sites for hydroxylation is 1. The van der Waals surface area contributed by atoms with Gasteiger partial charge in [0, 0.05) is 34.1 Å². The second-order valence-electron chi connectivity index (χ2n) is 11.0. The van der Waals surface area contributed by atoms with Gasteiger partial charge in [-0.2, -0.15) is 5.26 Å². The van der Waals surface area contributed by atoms with Crippen molar-refractivity contribution in [3.63, 3.8) is 0 Å². The van der Waals surface area contributed by atoms with Crippen molar-refractivity contribution >= 4 is 17.5 Å². The summed E-state index contributed by atoms with van der Waals surface area (Å²) in [4.78, 5) is 24.3. The molecule has 2 aromatic carbocycles. The van der Waals surface area contributed by atoms with Crippen LogP contribution in [0.15, 0.2) is 67.3 Å². The van der Waals surface area contributed by atoms with Crippen molar-refractivity contribution in [2.75, 3.05) is 6.56 Å². The molecule has 4 aromatic rings. The molecule has 8 nitrogen and oxygen atoms in total. The van der Waals surface area contributed by atoms with E-state index in [1.54, 1.807) is 24.7 Å². The minimum atomic E-state index is -2.92. The predicted octanol–water partition coefficient (Wildman–Crippen LogP) is 5.80. The molecule has 6 rings (SSSR count). The van der Waals surface area contributed by atoms with E-state index in [1.807, 2.05) is 6.07 Å². The Morgan fingerprint density at radius 2 is 2.02 bits per heavy atom. The van der Waals surface area contributed by atoms with E-state index in [2.05, 4.69) is 9.97 Å². The summed E-state index contributed by atoms with van der Waals surface area (Å²) in [6.07, 6.45) is 4.38. The summed E-state index contributed by atoms with van der Waals surface area (Å²) in [5, 5.41) is 21.4. The Balaban J connectivity index is 1.63. The number of nitriles is 1. The van der Waals surface area contributed by atoms with Crippen LogP contribution in [-0.2, 0) is 29.7 Å². The van der Waals surface area contributed by atoms with Crippen LogP contribution < -0.4 is 0 Å². The molecule has 10 heteroatoms. The number of ether oxygens (including phenoxy) is 1. The Labute approximate surface area is 261 Å². The Morgan fingerprint density at radius 3 is 2.60 bits per heavy atom. The Hall–Kier alpha value is -4.10. The zero-order valence-corrected chi connectivity index (χ0v) is 24.2. The molecule has 220 valence electrons. The number of fused-ring (bicyclic) bond motifs is 1. The molecule has 2 aliphatic rings. The van der Waals surface area contributed by atoms with Crippen LogP contribution in [0.25, 0.3) is 0 Å². The monoisotopic (exact) mass is 604 g/mol. The maximum Gasteiger partial charge on any atom is 0.257 e. The van der Waals surface area contributed by atoms with Crippen molar-refractivity contribution < 1.29 is 25.9 Å². The van der Waals surface area contributed by atoms with Crippen molar-refractivity contribution in [1.82, 2.24) is 19.4 Å². The third kappa shape index (κ3) is 4.89. The summed E-state index contributed by atoms with van der Waals surface area (Å²) in [7, 11) is 1.71. The standard InChI is InChI=1S/C33H31ClFN5O3/c1-4-32(42,28-18-39(3)20-38-28)23-13-26-29(27(35)14-23)33(43-19-31(2)11-12-31,22-6-8-24(34)9-7-22)40(30(26)41)17-25-10-5-21(15-36)16-37-25/h5-10,13-14,16,18,20,42H,4,11-12,17,19H2,1-3H3/t32?,33-/m1/s1/i2D3,19D2. The van der Waals surface area contributed by atoms with Gasteiger partial charge in [-0.1, -0.05) is 37.5 Å². The minimum Gasteiger partial charge on any atom is -0.379 e. The number of benzene rings is 2. The van der Waals surface area contributed by atoms with E-state index in [-0.39, 0.29) is 65.0 Å². The van der Waals surface area contributed by atoms with E-state index in [0.717, 1.165) is 11.0 Å². The fraction of sp³-hybridized carbons (Fsp3) is 0.333. The van der Waals surface area contributed by atoms with Crippen LogP contribution in [0, 0.1) is 22.6 Å². The molecule has 0 saturated heterocycles. The molecule has 1 saturated carbocycles. The summed E-state index contributed by atoms with van der Waals surface area (Å²) in [6, 6.07) is 13.2. The van der Waals surface area contributed by atoms with E-state index < -0.39 is 41.9 Å². The molecular formula is C33H31ClFN5O3. The average Bonchev–Trinajstić information content (AvgIpc) is 3.73. The SMILES string of the molecule is [2H]C([2H])([2H])C1(C([2H])([2H])O[C@]2(c3ccc(Cl)cc3)c3c(F)cc(C(O)(CC)c4cn(C)cn4)cc3C(=O)N2Cc2ccc(C#N)cn2)CC1. The molecule has 0 radical (unpaired) electrons. The highest BCUT2D eigenvalue weighted by Crippen LogP contribution is 2.52. The van der Waals surface area contributed by atoms with Gasteiger partial charge in [0.25, 0.3) is 5.91 Å². The van der Waals surface area contributed by atoms with Crippen LogP contribution in [0.5, 0.6) is 0 Å². The van der Waals surface area contributed by atoms with Crippen molar-refractivity contribution in [3.8, 4) is 6.07 Å². The fourth-order valence-corrected chi connectivity index (χ4v) is 5.54. The topological polar surface area (TPSA) is 104 Å². The molecule has 1 unspecified atom stereocenters. The highest BCUT2D eigenvalue weighted by Gasteiger charge is 2.56. The number of hydrogen-bond acceptors (Lipinski definition) is 6. The highest BCUT2D eigenvalue weighted by molar-refractivity contribution is 6.30. The molecule has 1 aliphatic carbocycles. The van der Waals surface area contributed by atoms with Gasteiger partial charge in [0.15, 0.2) is 5.72 Å². The number of pyridine rings is 1. The largest absolute Gasteiger partial charge is 0.379 e. The van der Waals surface area contributed by atoms with Crippen LogP contribution in [0.3, 0.4) is 0 Å². The molecule has 43 heavy (non-hydrogen) atoms. The Morgan fingerprint density at radius 1 is 1.26 bits per heavy atom. The van der Waals surface area contributed by atoms with Crippen LogP contribution >= 0.6 is 11.6 Å². The van der Waals surface area contributed by atoms with Crippen molar-refractivity contribution in [2.45, 2.75) is 50.9 Å². The average molecular weight is 605 g/mol.